The summed E-state index contributed by atoms with van der Waals surface area (Å²) in [5, 5.41) is 0. The van der Waals surface area contributed by atoms with Crippen molar-refractivity contribution < 1.29 is 0 Å². The topological polar surface area (TPSA) is 0 Å². The normalized spacial score (nSPS) is 14.1. The van der Waals surface area contributed by atoms with Crippen molar-refractivity contribution in [1.29, 1.82) is 0 Å². The van der Waals surface area contributed by atoms with Crippen LogP contribution in [0.25, 0.3) is 9.75 Å². The summed E-state index contributed by atoms with van der Waals surface area (Å²) in [6.07, 6.45) is 43.5. The molecule has 0 nitrogen and oxygen atoms in total. The van der Waals surface area contributed by atoms with E-state index < -0.39 is 36.8 Å². The van der Waals surface area contributed by atoms with Crippen LogP contribution in [0.2, 0.25) is 24.7 Å². The van der Waals surface area contributed by atoms with Crippen LogP contribution in [-0.4, -0.2) is 81.8 Å². The molecule has 300 valence electrons. The van der Waals surface area contributed by atoms with E-state index in [9.17, 15) is 0 Å². The van der Waals surface area contributed by atoms with Gasteiger partial charge in [-0.2, -0.15) is 0 Å². The number of rotatable bonds is 33. The van der Waals surface area contributed by atoms with Gasteiger partial charge in [0.1, 0.15) is 0 Å². The Balaban J connectivity index is 1.59. The van der Waals surface area contributed by atoms with Crippen LogP contribution in [0.5, 0.6) is 0 Å². The molecule has 0 aliphatic heterocycles. The van der Waals surface area contributed by atoms with E-state index in [1.807, 2.05) is 62.0 Å². The first-order valence-electron chi connectivity index (χ1n) is 23.2. The number of hydrogen-bond donors (Lipinski definition) is 0. The van der Waals surface area contributed by atoms with Gasteiger partial charge in [0.05, 0.1) is 0 Å². The minimum absolute atomic E-state index is 0.305. The van der Waals surface area contributed by atoms with Gasteiger partial charge in [0.2, 0.25) is 0 Å². The summed E-state index contributed by atoms with van der Waals surface area (Å²) in [6, 6.07) is 5.69. The number of hydrogen-bond acceptors (Lipinski definition) is 2. The molecule has 0 aromatic carbocycles. The Morgan fingerprint density at radius 3 is 1.04 bits per heavy atom. The molecule has 0 spiro atoms. The third-order valence-corrected chi connectivity index (χ3v) is 64.6. The predicted molar refractivity (Wildman–Crippen MR) is 254 cm³/mol. The van der Waals surface area contributed by atoms with Crippen LogP contribution in [0.1, 0.15) is 218 Å². The molecule has 1 aliphatic rings. The van der Waals surface area contributed by atoms with Crippen LogP contribution in [-0.2, 0) is 5.41 Å². The Hall–Kier alpha value is 2.59. The van der Waals surface area contributed by atoms with Crippen molar-refractivity contribution in [3.05, 3.63) is 23.3 Å². The molecule has 0 saturated carbocycles. The molecule has 0 bridgehead atoms. The second kappa shape index (κ2) is 27.4. The van der Waals surface area contributed by atoms with Gasteiger partial charge in [-0.15, -0.1) is 0 Å². The maximum absolute atomic E-state index is 2.87. The van der Waals surface area contributed by atoms with Gasteiger partial charge in [-0.25, -0.2) is 0 Å². The number of unbranched alkanes of at least 4 members (excludes halogenated alkanes) is 26. The average Bonchev–Trinajstić information content (AvgIpc) is 3.82. The van der Waals surface area contributed by atoms with E-state index in [1.54, 1.807) is 9.75 Å². The van der Waals surface area contributed by atoms with Crippen LogP contribution >= 0.6 is 22.7 Å². The summed E-state index contributed by atoms with van der Waals surface area (Å²) in [7, 11) is 0. The fraction of sp³-hybridized carbons (Fsp3) is 0.830. The molecular weight excluding hydrogens is 1100 g/mol. The van der Waals surface area contributed by atoms with Crippen LogP contribution < -0.4 is 5.79 Å². The van der Waals surface area contributed by atoms with Crippen LogP contribution in [0, 0.1) is 0 Å². The predicted octanol–water partition coefficient (Wildman–Crippen LogP) is 15.9. The number of fused-ring (bicyclic) bond motifs is 3. The Morgan fingerprint density at radius 1 is 0.453 bits per heavy atom. The summed E-state index contributed by atoms with van der Waals surface area (Å²) < 4.78 is 4.77. The Bertz CT molecular complexity index is 1200. The van der Waals surface area contributed by atoms with Crippen molar-refractivity contribution in [2.75, 3.05) is 0 Å². The van der Waals surface area contributed by atoms with Crippen molar-refractivity contribution in [3.63, 3.8) is 0 Å². The zero-order valence-corrected chi connectivity index (χ0v) is 49.3. The summed E-state index contributed by atoms with van der Waals surface area (Å²) in [6.45, 7) is 4.65. The fourth-order valence-corrected chi connectivity index (χ4v) is 32.8. The van der Waals surface area contributed by atoms with E-state index in [0.717, 1.165) is -0.0343 Å². The third-order valence-electron chi connectivity index (χ3n) is 12.7. The molecule has 6 heteroatoms. The zero-order valence-electron chi connectivity index (χ0n) is 36.3. The Morgan fingerprint density at radius 2 is 0.736 bits per heavy atom. The number of thiophene rings is 2. The van der Waals surface area contributed by atoms with Gasteiger partial charge >= 0.3 is 276 Å². The minimum atomic E-state index is -2.27. The van der Waals surface area contributed by atoms with E-state index >= 15 is 0 Å². The van der Waals surface area contributed by atoms with E-state index in [4.69, 9.17) is 0 Å². The van der Waals surface area contributed by atoms with Crippen LogP contribution in [0.4, 0.5) is 0 Å². The summed E-state index contributed by atoms with van der Waals surface area (Å²) in [5.41, 5.74) is 3.95. The van der Waals surface area contributed by atoms with Crippen molar-refractivity contribution in [2.24, 2.45) is 0 Å². The summed E-state index contributed by atoms with van der Waals surface area (Å²) in [4.78, 5) is 17.0. The molecule has 0 fully saturated rings. The molecule has 6 radical (unpaired) electrons. The SMILES string of the molecule is CCCCCCCCCCCCCCCCC1(CCCCCCCCCCCCCCCC)c2c[c]([Sn]([CH3])([CH3])[CH3])sc2-c2s[c]([Sn]([CH3])([CH3])[CH]([Sn])[Sn])cc21. The first-order valence-corrected chi connectivity index (χ1v) is 46.9. The van der Waals surface area contributed by atoms with Gasteiger partial charge in [-0.05, 0) is 0 Å². The third kappa shape index (κ3) is 16.9. The summed E-state index contributed by atoms with van der Waals surface area (Å²) >= 11 is 3.75. The molecule has 2 heterocycles. The summed E-state index contributed by atoms with van der Waals surface area (Å²) in [5.74, 6) is 0. The molecule has 0 saturated heterocycles. The Kier molecular flexibility index (Phi) is 25.9. The van der Waals surface area contributed by atoms with Crippen molar-refractivity contribution >= 4 is 110 Å². The molecule has 0 atom stereocenters. The fourth-order valence-electron chi connectivity index (χ4n) is 8.71. The first-order chi connectivity index (χ1) is 25.5. The van der Waals surface area contributed by atoms with Gasteiger partial charge in [-0.1, -0.05) is 104 Å². The van der Waals surface area contributed by atoms with Crippen molar-refractivity contribution in [3.8, 4) is 9.75 Å². The van der Waals surface area contributed by atoms with Gasteiger partial charge in [-0.3, -0.25) is 0 Å². The van der Waals surface area contributed by atoms with Gasteiger partial charge in [0.15, 0.2) is 0 Å². The molecular formula is C47H84S2Sn4. The molecule has 53 heavy (non-hydrogen) atoms. The van der Waals surface area contributed by atoms with Gasteiger partial charge < -0.3 is 0 Å². The monoisotopic (exact) mass is 1190 g/mol. The van der Waals surface area contributed by atoms with Gasteiger partial charge in [0, 0.05) is 0 Å². The zero-order chi connectivity index (χ0) is 38.6. The maximum atomic E-state index is 2.87. The molecule has 0 amide bonds. The molecule has 0 unspecified atom stereocenters. The molecule has 3 rings (SSSR count). The molecule has 2 aromatic rings. The molecule has 2 aromatic heterocycles. The van der Waals surface area contributed by atoms with Crippen LogP contribution in [0.15, 0.2) is 12.1 Å². The second-order valence-corrected chi connectivity index (χ2v) is 67.9. The van der Waals surface area contributed by atoms with Crippen molar-refractivity contribution in [1.82, 2.24) is 0 Å². The standard InChI is InChI=1S/C41H68S2.5CH3.CH.4Sn/c1-3-5-7-9-11-13-15-17-19-21-23-25-27-29-33-41(37-31-35-42-39(37)40-38(41)32-36-43-40)34-30-28-26-24-22-20-18-16-14-12-10-8-6-4-2;;;;;;;;;;/h31-32H,3-30,33-34H2,1-2H3;5*1H3;1H;;;;. The van der Waals surface area contributed by atoms with E-state index in [2.05, 4.69) is 73.4 Å². The van der Waals surface area contributed by atoms with Gasteiger partial charge in [0.25, 0.3) is 0 Å². The Labute approximate surface area is 375 Å². The quantitative estimate of drug-likeness (QED) is 0.0494. The van der Waals surface area contributed by atoms with E-state index in [1.165, 1.54) is 193 Å². The first kappa shape index (κ1) is 50.0. The second-order valence-electron chi connectivity index (χ2n) is 18.9. The van der Waals surface area contributed by atoms with Crippen LogP contribution in [0.3, 0.4) is 0 Å². The average molecular weight is 1190 g/mol. The molecule has 1 aliphatic carbocycles. The van der Waals surface area contributed by atoms with E-state index in [-0.39, 0.29) is 0 Å². The van der Waals surface area contributed by atoms with Crippen molar-refractivity contribution in [2.45, 2.75) is 237 Å². The molecule has 0 N–H and O–H groups in total. The van der Waals surface area contributed by atoms with E-state index in [0.29, 0.717) is 5.41 Å².